The second kappa shape index (κ2) is 6.48. The maximum atomic E-state index is 12.1. The molecule has 0 atom stereocenters. The summed E-state index contributed by atoms with van der Waals surface area (Å²) in [7, 11) is 0. The lowest BCUT2D eigenvalue weighted by molar-refractivity contribution is 0.0925. The van der Waals surface area contributed by atoms with E-state index in [4.69, 9.17) is 21.8 Å². The minimum absolute atomic E-state index is 0.251. The number of hydrogen-bond acceptors (Lipinski definition) is 3. The molecule has 1 amide bonds. The third-order valence-corrected chi connectivity index (χ3v) is 4.24. The standard InChI is InChI=1S/C17H18ClN3O2/c1-10-12(15-13(18)3-2-4-14(15)21-10)5-7-20-17(22)16-11(9-19)6-8-23-16/h2-4,6,8,21H,5,7,9,19H2,1H3,(H,20,22). The second-order valence-corrected chi connectivity index (χ2v) is 5.78. The van der Waals surface area contributed by atoms with Crippen molar-refractivity contribution in [3.05, 3.63) is 58.1 Å². The molecule has 2 heterocycles. The molecule has 0 unspecified atom stereocenters. The highest BCUT2D eigenvalue weighted by Gasteiger charge is 2.15. The Morgan fingerprint density at radius 3 is 3.00 bits per heavy atom. The van der Waals surface area contributed by atoms with Gasteiger partial charge in [-0.25, -0.2) is 0 Å². The SMILES string of the molecule is Cc1[nH]c2cccc(Cl)c2c1CCNC(=O)c1occc1CN. The van der Waals surface area contributed by atoms with Crippen LogP contribution in [0.1, 0.15) is 27.4 Å². The van der Waals surface area contributed by atoms with Crippen molar-refractivity contribution < 1.29 is 9.21 Å². The van der Waals surface area contributed by atoms with Crippen molar-refractivity contribution in [1.82, 2.24) is 10.3 Å². The van der Waals surface area contributed by atoms with Crippen molar-refractivity contribution in [2.75, 3.05) is 6.54 Å². The molecule has 4 N–H and O–H groups in total. The highest BCUT2D eigenvalue weighted by molar-refractivity contribution is 6.35. The molecular weight excluding hydrogens is 314 g/mol. The Bertz CT molecular complexity index is 851. The van der Waals surface area contributed by atoms with Crippen LogP contribution in [0.5, 0.6) is 0 Å². The monoisotopic (exact) mass is 331 g/mol. The minimum atomic E-state index is -0.251. The number of nitrogens with one attached hydrogen (secondary N) is 2. The van der Waals surface area contributed by atoms with Crippen LogP contribution in [-0.4, -0.2) is 17.4 Å². The molecule has 0 saturated heterocycles. The summed E-state index contributed by atoms with van der Waals surface area (Å²) in [4.78, 5) is 15.5. The number of H-pyrrole nitrogens is 1. The summed E-state index contributed by atoms with van der Waals surface area (Å²) in [6, 6.07) is 7.48. The lowest BCUT2D eigenvalue weighted by atomic mass is 10.1. The summed E-state index contributed by atoms with van der Waals surface area (Å²) in [6.45, 7) is 2.77. The van der Waals surface area contributed by atoms with Gasteiger partial charge in [-0.1, -0.05) is 17.7 Å². The first-order valence-corrected chi connectivity index (χ1v) is 7.80. The van der Waals surface area contributed by atoms with Crippen molar-refractivity contribution >= 4 is 28.4 Å². The van der Waals surface area contributed by atoms with E-state index in [1.54, 1.807) is 6.07 Å². The van der Waals surface area contributed by atoms with Crippen LogP contribution in [-0.2, 0) is 13.0 Å². The maximum absolute atomic E-state index is 12.1. The fourth-order valence-corrected chi connectivity index (χ4v) is 3.08. The van der Waals surface area contributed by atoms with Crippen LogP contribution in [0.15, 0.2) is 34.9 Å². The summed E-state index contributed by atoms with van der Waals surface area (Å²) >= 11 is 6.30. The molecule has 0 fully saturated rings. The predicted molar refractivity (Wildman–Crippen MR) is 90.7 cm³/mol. The number of aromatic nitrogens is 1. The van der Waals surface area contributed by atoms with E-state index in [9.17, 15) is 4.79 Å². The van der Waals surface area contributed by atoms with E-state index < -0.39 is 0 Å². The molecule has 1 aromatic carbocycles. The summed E-state index contributed by atoms with van der Waals surface area (Å²) in [5.74, 6) is 0.0280. The maximum Gasteiger partial charge on any atom is 0.287 e. The largest absolute Gasteiger partial charge is 0.459 e. The molecule has 3 rings (SSSR count). The van der Waals surface area contributed by atoms with Gasteiger partial charge in [0.2, 0.25) is 0 Å². The van der Waals surface area contributed by atoms with E-state index in [1.807, 2.05) is 25.1 Å². The van der Waals surface area contributed by atoms with Crippen LogP contribution in [0.3, 0.4) is 0 Å². The Balaban J connectivity index is 1.72. The van der Waals surface area contributed by atoms with Gasteiger partial charge in [-0.3, -0.25) is 4.79 Å². The quantitative estimate of drug-likeness (QED) is 0.671. The van der Waals surface area contributed by atoms with Crippen LogP contribution in [0.2, 0.25) is 5.02 Å². The molecule has 0 radical (unpaired) electrons. The van der Waals surface area contributed by atoms with Gasteiger partial charge in [0.05, 0.1) is 11.3 Å². The van der Waals surface area contributed by atoms with Gasteiger partial charge in [0.15, 0.2) is 5.76 Å². The Kier molecular flexibility index (Phi) is 4.41. The van der Waals surface area contributed by atoms with Gasteiger partial charge in [-0.15, -0.1) is 0 Å². The smallest absolute Gasteiger partial charge is 0.287 e. The van der Waals surface area contributed by atoms with Crippen LogP contribution < -0.4 is 11.1 Å². The lowest BCUT2D eigenvalue weighted by Crippen LogP contribution is -2.26. The van der Waals surface area contributed by atoms with Gasteiger partial charge >= 0.3 is 0 Å². The summed E-state index contributed by atoms with van der Waals surface area (Å²) in [5.41, 5.74) is 9.46. The van der Waals surface area contributed by atoms with Crippen LogP contribution in [0.25, 0.3) is 10.9 Å². The number of carbonyl (C=O) groups excluding carboxylic acids is 1. The summed E-state index contributed by atoms with van der Waals surface area (Å²) in [6.07, 6.45) is 2.15. The van der Waals surface area contributed by atoms with E-state index in [2.05, 4.69) is 10.3 Å². The van der Waals surface area contributed by atoms with E-state index in [-0.39, 0.29) is 18.2 Å². The number of carbonyl (C=O) groups is 1. The first kappa shape index (κ1) is 15.6. The Morgan fingerprint density at radius 2 is 2.22 bits per heavy atom. The molecule has 0 aliphatic rings. The number of halogens is 1. The topological polar surface area (TPSA) is 84.0 Å². The molecule has 2 aromatic heterocycles. The average molecular weight is 332 g/mol. The van der Waals surface area contributed by atoms with E-state index in [0.29, 0.717) is 23.6 Å². The molecule has 5 nitrogen and oxygen atoms in total. The number of fused-ring (bicyclic) bond motifs is 1. The van der Waals surface area contributed by atoms with Gasteiger partial charge in [0, 0.05) is 35.2 Å². The highest BCUT2D eigenvalue weighted by atomic mass is 35.5. The molecule has 0 aliphatic heterocycles. The number of hydrogen-bond donors (Lipinski definition) is 3. The molecule has 6 heteroatoms. The first-order chi connectivity index (χ1) is 11.1. The van der Waals surface area contributed by atoms with Gasteiger partial charge < -0.3 is 20.5 Å². The van der Waals surface area contributed by atoms with Crippen LogP contribution in [0.4, 0.5) is 0 Å². The van der Waals surface area contributed by atoms with E-state index >= 15 is 0 Å². The summed E-state index contributed by atoms with van der Waals surface area (Å²) < 4.78 is 5.20. The molecule has 0 saturated carbocycles. The molecule has 3 aromatic rings. The summed E-state index contributed by atoms with van der Waals surface area (Å²) in [5, 5.41) is 4.59. The Hall–Kier alpha value is -2.24. The number of rotatable bonds is 5. The normalized spacial score (nSPS) is 11.1. The predicted octanol–water partition coefficient (Wildman–Crippen LogP) is 3.15. The molecule has 0 aliphatic carbocycles. The number of benzene rings is 1. The molecule has 0 spiro atoms. The number of furan rings is 1. The van der Waals surface area contributed by atoms with E-state index in [1.165, 1.54) is 6.26 Å². The Labute approximate surface area is 138 Å². The zero-order valence-electron chi connectivity index (χ0n) is 12.8. The number of amides is 1. The van der Waals surface area contributed by atoms with Gasteiger partial charge in [0.25, 0.3) is 5.91 Å². The first-order valence-electron chi connectivity index (χ1n) is 7.42. The third-order valence-electron chi connectivity index (χ3n) is 3.92. The lowest BCUT2D eigenvalue weighted by Gasteiger charge is -2.06. The fraction of sp³-hybridized carbons (Fsp3) is 0.235. The molecule has 0 bridgehead atoms. The molecule has 120 valence electrons. The minimum Gasteiger partial charge on any atom is -0.459 e. The Morgan fingerprint density at radius 1 is 1.39 bits per heavy atom. The highest BCUT2D eigenvalue weighted by Crippen LogP contribution is 2.29. The van der Waals surface area contributed by atoms with Crippen LogP contribution in [0, 0.1) is 6.92 Å². The van der Waals surface area contributed by atoms with Crippen molar-refractivity contribution in [3.8, 4) is 0 Å². The van der Waals surface area contributed by atoms with Gasteiger partial charge in [-0.2, -0.15) is 0 Å². The third kappa shape index (κ3) is 2.98. The zero-order valence-corrected chi connectivity index (χ0v) is 13.5. The van der Waals surface area contributed by atoms with Crippen LogP contribution >= 0.6 is 11.6 Å². The van der Waals surface area contributed by atoms with Crippen molar-refractivity contribution in [2.45, 2.75) is 19.9 Å². The number of nitrogens with two attached hydrogens (primary N) is 1. The second-order valence-electron chi connectivity index (χ2n) is 5.38. The average Bonchev–Trinajstić information content (AvgIpc) is 3.12. The van der Waals surface area contributed by atoms with Crippen molar-refractivity contribution in [2.24, 2.45) is 5.73 Å². The fourth-order valence-electron chi connectivity index (χ4n) is 2.79. The zero-order chi connectivity index (χ0) is 16.4. The number of aromatic amines is 1. The van der Waals surface area contributed by atoms with Gasteiger partial charge in [0.1, 0.15) is 0 Å². The van der Waals surface area contributed by atoms with Gasteiger partial charge in [-0.05, 0) is 37.1 Å². The molecular formula is C17H18ClN3O2. The van der Waals surface area contributed by atoms with Crippen molar-refractivity contribution in [3.63, 3.8) is 0 Å². The number of aryl methyl sites for hydroxylation is 1. The van der Waals surface area contributed by atoms with Crippen molar-refractivity contribution in [1.29, 1.82) is 0 Å². The van der Waals surface area contributed by atoms with E-state index in [0.717, 1.165) is 22.2 Å². The molecule has 23 heavy (non-hydrogen) atoms.